The molecule has 0 unspecified atom stereocenters. The van der Waals surface area contributed by atoms with Crippen LogP contribution in [-0.4, -0.2) is 91.9 Å². The molecule has 2 amide bonds. The molecule has 2 heterocycles. The molecular formula is C34H46N4O8S. The van der Waals surface area contributed by atoms with Crippen molar-refractivity contribution in [3.8, 4) is 5.75 Å². The van der Waals surface area contributed by atoms with Gasteiger partial charge >= 0.3 is 0 Å². The van der Waals surface area contributed by atoms with Gasteiger partial charge in [-0.2, -0.15) is 0 Å². The molecule has 0 saturated heterocycles. The van der Waals surface area contributed by atoms with E-state index in [0.29, 0.717) is 30.9 Å². The number of amides is 2. The molecule has 13 heteroatoms. The molecule has 256 valence electrons. The monoisotopic (exact) mass is 670 g/mol. The van der Waals surface area contributed by atoms with Crippen LogP contribution in [0.25, 0.3) is 0 Å². The summed E-state index contributed by atoms with van der Waals surface area (Å²) in [7, 11) is -2.35. The van der Waals surface area contributed by atoms with Crippen LogP contribution in [0.2, 0.25) is 0 Å². The summed E-state index contributed by atoms with van der Waals surface area (Å²) in [6, 6.07) is 13.0. The van der Waals surface area contributed by atoms with Crippen LogP contribution in [0.15, 0.2) is 57.9 Å². The van der Waals surface area contributed by atoms with Crippen molar-refractivity contribution in [1.82, 2.24) is 15.0 Å². The van der Waals surface area contributed by atoms with Crippen molar-refractivity contribution in [3.63, 3.8) is 0 Å². The van der Waals surface area contributed by atoms with Crippen molar-refractivity contribution in [1.29, 1.82) is 0 Å². The topological polar surface area (TPSA) is 152 Å². The smallest absolute Gasteiger partial charge is 0.267 e. The molecule has 1 aliphatic rings. The summed E-state index contributed by atoms with van der Waals surface area (Å²) in [5.41, 5.74) is 1.09. The van der Waals surface area contributed by atoms with E-state index >= 15 is 0 Å². The van der Waals surface area contributed by atoms with E-state index in [-0.39, 0.29) is 58.7 Å². The first-order chi connectivity index (χ1) is 22.3. The summed E-state index contributed by atoms with van der Waals surface area (Å²) in [6.07, 6.45) is 1.63. The Balaban J connectivity index is 1.67. The molecule has 47 heavy (non-hydrogen) atoms. The summed E-state index contributed by atoms with van der Waals surface area (Å²) < 4.78 is 46.8. The second-order valence-electron chi connectivity index (χ2n) is 12.3. The molecule has 0 bridgehead atoms. The molecule has 0 radical (unpaired) electrons. The van der Waals surface area contributed by atoms with Crippen LogP contribution < -0.4 is 9.46 Å². The molecule has 1 aliphatic heterocycles. The molecular weight excluding hydrogens is 624 g/mol. The van der Waals surface area contributed by atoms with Crippen LogP contribution in [-0.2, 0) is 14.8 Å². The Hall–Kier alpha value is -3.94. The van der Waals surface area contributed by atoms with E-state index in [2.05, 4.69) is 9.88 Å². The average Bonchev–Trinajstić information content (AvgIpc) is 3.40. The average molecular weight is 671 g/mol. The van der Waals surface area contributed by atoms with Gasteiger partial charge < -0.3 is 28.9 Å². The highest BCUT2D eigenvalue weighted by Gasteiger charge is 2.32. The number of aromatic nitrogens is 1. The van der Waals surface area contributed by atoms with E-state index in [1.807, 2.05) is 32.0 Å². The molecule has 4 atom stereocenters. The van der Waals surface area contributed by atoms with Crippen molar-refractivity contribution in [2.24, 2.45) is 5.92 Å². The summed E-state index contributed by atoms with van der Waals surface area (Å²) in [5, 5.41) is 14.0. The van der Waals surface area contributed by atoms with Crippen molar-refractivity contribution >= 4 is 27.5 Å². The fraction of sp³-hybridized carbons (Fsp3) is 0.500. The second-order valence-corrected chi connectivity index (χ2v) is 13.9. The number of nitrogens with one attached hydrogen (secondary N) is 1. The first-order valence-corrected chi connectivity index (χ1v) is 17.4. The van der Waals surface area contributed by atoms with Crippen LogP contribution in [0.5, 0.6) is 5.75 Å². The number of benzene rings is 2. The Labute approximate surface area is 277 Å². The van der Waals surface area contributed by atoms with Crippen molar-refractivity contribution in [2.45, 2.75) is 77.0 Å². The number of ether oxygens (including phenoxy) is 2. The van der Waals surface area contributed by atoms with Gasteiger partial charge in [-0.25, -0.2) is 8.42 Å². The number of hydrogen-bond donors (Lipinski definition) is 2. The fourth-order valence-corrected chi connectivity index (χ4v) is 7.05. The molecule has 3 aromatic rings. The Morgan fingerprint density at radius 1 is 1.15 bits per heavy atom. The number of aryl methyl sites for hydroxylation is 2. The van der Waals surface area contributed by atoms with Crippen LogP contribution in [0, 0.1) is 19.8 Å². The number of aliphatic hydroxyl groups excluding tert-OH is 1. The van der Waals surface area contributed by atoms with E-state index in [0.717, 1.165) is 12.8 Å². The lowest BCUT2D eigenvalue weighted by atomic mass is 10.0. The van der Waals surface area contributed by atoms with E-state index in [4.69, 9.17) is 14.0 Å². The maximum absolute atomic E-state index is 14.4. The van der Waals surface area contributed by atoms with Gasteiger partial charge in [0.2, 0.25) is 0 Å². The molecule has 0 fully saturated rings. The molecule has 0 aliphatic carbocycles. The fourth-order valence-electron chi connectivity index (χ4n) is 5.67. The van der Waals surface area contributed by atoms with E-state index in [1.165, 1.54) is 19.9 Å². The number of carbonyl (C=O) groups excluding carboxylic acids is 2. The highest BCUT2D eigenvalue weighted by Crippen LogP contribution is 2.30. The normalized spacial score (nSPS) is 20.4. The molecule has 0 saturated carbocycles. The zero-order chi connectivity index (χ0) is 34.3. The zero-order valence-electron chi connectivity index (χ0n) is 27.9. The third kappa shape index (κ3) is 8.91. The van der Waals surface area contributed by atoms with Crippen LogP contribution in [0.3, 0.4) is 0 Å². The van der Waals surface area contributed by atoms with Gasteiger partial charge in [0, 0.05) is 43.9 Å². The third-order valence-electron chi connectivity index (χ3n) is 8.36. The van der Waals surface area contributed by atoms with Gasteiger partial charge in [-0.15, -0.1) is 0 Å². The van der Waals surface area contributed by atoms with Gasteiger partial charge in [0.05, 0.1) is 30.4 Å². The number of fused-ring (bicyclic) bond motifs is 1. The van der Waals surface area contributed by atoms with Crippen LogP contribution >= 0.6 is 0 Å². The first kappa shape index (κ1) is 35.9. The number of carbonyl (C=O) groups is 2. The molecule has 2 aromatic carbocycles. The van der Waals surface area contributed by atoms with Gasteiger partial charge in [0.25, 0.3) is 21.8 Å². The lowest BCUT2D eigenvalue weighted by Gasteiger charge is -2.36. The number of rotatable bonds is 8. The summed E-state index contributed by atoms with van der Waals surface area (Å²) in [6.45, 7) is 9.32. The van der Waals surface area contributed by atoms with Gasteiger partial charge in [-0.3, -0.25) is 14.3 Å². The SMILES string of the molecule is Cc1noc(C)c1S(=O)(=O)Nc1ccc2c(c1)C(=O)N([C@@H](C)CO)C[C@@H](C)[C@@H](CN(C)C(=O)c1ccccc1)OCCCC[C@@H](C)O2. The van der Waals surface area contributed by atoms with Gasteiger partial charge in [0.15, 0.2) is 10.7 Å². The largest absolute Gasteiger partial charge is 0.490 e. The number of hydrogen-bond acceptors (Lipinski definition) is 9. The lowest BCUT2D eigenvalue weighted by molar-refractivity contribution is -0.0149. The Bertz CT molecular complexity index is 1610. The minimum Gasteiger partial charge on any atom is -0.490 e. The quantitative estimate of drug-likeness (QED) is 0.349. The van der Waals surface area contributed by atoms with Gasteiger partial charge in [-0.1, -0.05) is 30.3 Å². The second kappa shape index (κ2) is 15.8. The summed E-state index contributed by atoms with van der Waals surface area (Å²) in [4.78, 5) is 30.6. The van der Waals surface area contributed by atoms with E-state index in [1.54, 1.807) is 48.0 Å². The minimum atomic E-state index is -4.09. The van der Waals surface area contributed by atoms with Crippen molar-refractivity contribution < 1.29 is 37.1 Å². The summed E-state index contributed by atoms with van der Waals surface area (Å²) in [5.74, 6) is -0.367. The van der Waals surface area contributed by atoms with Crippen LogP contribution in [0.1, 0.15) is 72.2 Å². The van der Waals surface area contributed by atoms with Gasteiger partial charge in [-0.05, 0) is 77.3 Å². The van der Waals surface area contributed by atoms with E-state index < -0.39 is 28.1 Å². The third-order valence-corrected chi connectivity index (χ3v) is 9.99. The highest BCUT2D eigenvalue weighted by molar-refractivity contribution is 7.92. The minimum absolute atomic E-state index is 0.0695. The van der Waals surface area contributed by atoms with Crippen molar-refractivity contribution in [3.05, 3.63) is 71.1 Å². The maximum Gasteiger partial charge on any atom is 0.267 e. The number of aliphatic hydroxyl groups is 1. The molecule has 0 spiro atoms. The predicted molar refractivity (Wildman–Crippen MR) is 177 cm³/mol. The number of likely N-dealkylation sites (N-methyl/N-ethyl adjacent to an activating group) is 1. The Morgan fingerprint density at radius 2 is 1.87 bits per heavy atom. The number of anilines is 1. The number of sulfonamides is 1. The molecule has 12 nitrogen and oxygen atoms in total. The molecule has 4 rings (SSSR count). The zero-order valence-corrected chi connectivity index (χ0v) is 28.7. The summed E-state index contributed by atoms with van der Waals surface area (Å²) >= 11 is 0. The van der Waals surface area contributed by atoms with Crippen molar-refractivity contribution in [2.75, 3.05) is 38.1 Å². The van der Waals surface area contributed by atoms with Gasteiger partial charge in [0.1, 0.15) is 11.4 Å². The molecule has 2 N–H and O–H groups in total. The first-order valence-electron chi connectivity index (χ1n) is 15.9. The Morgan fingerprint density at radius 3 is 2.53 bits per heavy atom. The van der Waals surface area contributed by atoms with Crippen LogP contribution in [0.4, 0.5) is 5.69 Å². The maximum atomic E-state index is 14.4. The lowest BCUT2D eigenvalue weighted by Crippen LogP contribution is -2.48. The number of nitrogens with zero attached hydrogens (tertiary/aromatic N) is 3. The Kier molecular flexibility index (Phi) is 12.0. The molecule has 1 aromatic heterocycles. The van der Waals surface area contributed by atoms with E-state index in [9.17, 15) is 23.1 Å². The highest BCUT2D eigenvalue weighted by atomic mass is 32.2. The predicted octanol–water partition coefficient (Wildman–Crippen LogP) is 4.66. The standard InChI is InChI=1S/C34H46N4O8S/c1-22-19-38(23(2)21-39)34(41)29-18-28(36-47(42,43)32-25(4)35-46-26(32)5)15-16-30(29)45-24(3)12-10-11-17-44-31(22)20-37(6)33(40)27-13-8-7-9-14-27/h7-9,13-16,18,22-24,31,36,39H,10-12,17,19-21H2,1-6H3/t22-,23+,24-,31-/m1/s1.